The maximum atomic E-state index is 12.7. The summed E-state index contributed by atoms with van der Waals surface area (Å²) in [6.07, 6.45) is 0.217. The number of benzene rings is 1. The number of methoxy groups -OCH3 is 1. The number of hydrogen-bond donors (Lipinski definition) is 2. The Morgan fingerprint density at radius 1 is 1.29 bits per heavy atom. The van der Waals surface area contributed by atoms with Gasteiger partial charge in [-0.3, -0.25) is 9.59 Å². The zero-order chi connectivity index (χ0) is 16.0. The van der Waals surface area contributed by atoms with Gasteiger partial charge in [0.1, 0.15) is 5.75 Å². The first-order valence-electron chi connectivity index (χ1n) is 7.05. The molecule has 0 radical (unpaired) electrons. The van der Waals surface area contributed by atoms with Gasteiger partial charge in [-0.25, -0.2) is 0 Å². The highest BCUT2D eigenvalue weighted by molar-refractivity contribution is 6.02. The Balaban J connectivity index is 3.07. The molecular weight excluding hydrogens is 270 g/mol. The number of nitrogens with one attached hydrogen (secondary N) is 1. The lowest BCUT2D eigenvalue weighted by atomic mass is 9.96. The van der Waals surface area contributed by atoms with E-state index in [0.717, 1.165) is 11.1 Å². The maximum Gasteiger partial charge on any atom is 0.303 e. The standard InChI is InChI=1S/C16H23NO4/c1-5-17-13(6-7-15(18)19)16(20)12-8-10(2)11(3)9-14(12)21-4/h8-9,13,17H,5-7H2,1-4H3,(H,18,19). The molecule has 21 heavy (non-hydrogen) atoms. The summed E-state index contributed by atoms with van der Waals surface area (Å²) in [5.41, 5.74) is 2.55. The molecule has 0 spiro atoms. The molecule has 0 aliphatic carbocycles. The number of ketones is 1. The van der Waals surface area contributed by atoms with Gasteiger partial charge in [0.25, 0.3) is 0 Å². The van der Waals surface area contributed by atoms with E-state index in [0.29, 0.717) is 17.9 Å². The zero-order valence-corrected chi connectivity index (χ0v) is 13.0. The van der Waals surface area contributed by atoms with Crippen LogP contribution < -0.4 is 10.1 Å². The number of carboxylic acid groups (broad SMARTS) is 1. The lowest BCUT2D eigenvalue weighted by Crippen LogP contribution is -2.37. The van der Waals surface area contributed by atoms with Crippen molar-refractivity contribution in [3.05, 3.63) is 28.8 Å². The number of carboxylic acids is 1. The third-order valence-corrected chi connectivity index (χ3v) is 3.50. The summed E-state index contributed by atoms with van der Waals surface area (Å²) in [4.78, 5) is 23.4. The van der Waals surface area contributed by atoms with E-state index < -0.39 is 12.0 Å². The van der Waals surface area contributed by atoms with E-state index in [1.54, 1.807) is 0 Å². The summed E-state index contributed by atoms with van der Waals surface area (Å²) >= 11 is 0. The van der Waals surface area contributed by atoms with E-state index in [1.165, 1.54) is 7.11 Å². The first-order chi connectivity index (χ1) is 9.90. The van der Waals surface area contributed by atoms with Crippen molar-refractivity contribution in [3.8, 4) is 5.75 Å². The van der Waals surface area contributed by atoms with Crippen LogP contribution in [0.1, 0.15) is 41.3 Å². The second-order valence-corrected chi connectivity index (χ2v) is 5.04. The first kappa shape index (κ1) is 17.2. The van der Waals surface area contributed by atoms with Crippen LogP contribution in [0.2, 0.25) is 0 Å². The van der Waals surface area contributed by atoms with Gasteiger partial charge in [0.15, 0.2) is 5.78 Å². The number of aliphatic carboxylic acids is 1. The predicted molar refractivity (Wildman–Crippen MR) is 81.1 cm³/mol. The monoisotopic (exact) mass is 293 g/mol. The zero-order valence-electron chi connectivity index (χ0n) is 13.0. The van der Waals surface area contributed by atoms with Gasteiger partial charge >= 0.3 is 5.97 Å². The first-order valence-corrected chi connectivity index (χ1v) is 7.05. The van der Waals surface area contributed by atoms with Crippen molar-refractivity contribution >= 4 is 11.8 Å². The Kier molecular flexibility index (Phi) is 6.37. The second kappa shape index (κ2) is 7.78. The van der Waals surface area contributed by atoms with Crippen LogP contribution in [0.15, 0.2) is 12.1 Å². The molecule has 1 unspecified atom stereocenters. The topological polar surface area (TPSA) is 75.6 Å². The Bertz CT molecular complexity index is 525. The summed E-state index contributed by atoms with van der Waals surface area (Å²) in [6, 6.07) is 3.13. The third-order valence-electron chi connectivity index (χ3n) is 3.50. The molecule has 0 aliphatic rings. The largest absolute Gasteiger partial charge is 0.496 e. The summed E-state index contributed by atoms with van der Waals surface area (Å²) in [5, 5.41) is 11.9. The molecule has 0 saturated heterocycles. The molecule has 116 valence electrons. The van der Waals surface area contributed by atoms with Gasteiger partial charge < -0.3 is 15.2 Å². The second-order valence-electron chi connectivity index (χ2n) is 5.04. The molecule has 1 rings (SSSR count). The molecule has 0 bridgehead atoms. The lowest BCUT2D eigenvalue weighted by Gasteiger charge is -2.18. The van der Waals surface area contributed by atoms with E-state index in [9.17, 15) is 9.59 Å². The van der Waals surface area contributed by atoms with Crippen LogP contribution in [0.25, 0.3) is 0 Å². The number of Topliss-reactive ketones (excluding diaryl/α,β-unsaturated/α-hetero) is 1. The van der Waals surface area contributed by atoms with Crippen molar-refractivity contribution in [1.29, 1.82) is 0 Å². The molecule has 0 saturated carbocycles. The summed E-state index contributed by atoms with van der Waals surface area (Å²) in [7, 11) is 1.53. The van der Waals surface area contributed by atoms with E-state index in [2.05, 4.69) is 5.32 Å². The van der Waals surface area contributed by atoms with Gasteiger partial charge in [-0.15, -0.1) is 0 Å². The average molecular weight is 293 g/mol. The highest BCUT2D eigenvalue weighted by atomic mass is 16.5. The van der Waals surface area contributed by atoms with Crippen LogP contribution in [0.4, 0.5) is 0 Å². The number of likely N-dealkylation sites (N-methyl/N-ethyl adjacent to an activating group) is 1. The van der Waals surface area contributed by atoms with Crippen LogP contribution in [0.3, 0.4) is 0 Å². The van der Waals surface area contributed by atoms with Gasteiger partial charge in [-0.05, 0) is 50.1 Å². The van der Waals surface area contributed by atoms with Crippen molar-refractivity contribution in [2.24, 2.45) is 0 Å². The number of aryl methyl sites for hydroxylation is 2. The molecule has 0 aromatic heterocycles. The van der Waals surface area contributed by atoms with Crippen LogP contribution in [-0.4, -0.2) is 36.6 Å². The number of rotatable bonds is 8. The molecule has 1 aromatic carbocycles. The summed E-state index contributed by atoms with van der Waals surface area (Å²) < 4.78 is 5.29. The number of carbonyl (C=O) groups excluding carboxylic acids is 1. The van der Waals surface area contributed by atoms with Crippen molar-refractivity contribution in [2.75, 3.05) is 13.7 Å². The van der Waals surface area contributed by atoms with Crippen molar-refractivity contribution < 1.29 is 19.4 Å². The molecule has 5 heteroatoms. The van der Waals surface area contributed by atoms with E-state index in [1.807, 2.05) is 32.9 Å². The minimum absolute atomic E-state index is 0.0451. The van der Waals surface area contributed by atoms with Crippen molar-refractivity contribution in [3.63, 3.8) is 0 Å². The maximum absolute atomic E-state index is 12.7. The van der Waals surface area contributed by atoms with Gasteiger partial charge in [0.2, 0.25) is 0 Å². The molecule has 5 nitrogen and oxygen atoms in total. The predicted octanol–water partition coefficient (Wildman–Crippen LogP) is 2.34. The van der Waals surface area contributed by atoms with Crippen LogP contribution in [0, 0.1) is 13.8 Å². The Hall–Kier alpha value is -1.88. The fourth-order valence-electron chi connectivity index (χ4n) is 2.18. The SMILES string of the molecule is CCNC(CCC(=O)O)C(=O)c1cc(C)c(C)cc1OC. The van der Waals surface area contributed by atoms with Crippen molar-refractivity contribution in [1.82, 2.24) is 5.32 Å². The summed E-state index contributed by atoms with van der Waals surface area (Å²) in [6.45, 7) is 6.38. The lowest BCUT2D eigenvalue weighted by molar-refractivity contribution is -0.137. The molecule has 1 aromatic rings. The molecule has 0 fully saturated rings. The highest BCUT2D eigenvalue weighted by Crippen LogP contribution is 2.25. The fraction of sp³-hybridized carbons (Fsp3) is 0.500. The minimum Gasteiger partial charge on any atom is -0.496 e. The van der Waals surface area contributed by atoms with Gasteiger partial charge in [0, 0.05) is 6.42 Å². The molecule has 1 atom stereocenters. The molecule has 0 aliphatic heterocycles. The Labute approximate surface area is 125 Å². The van der Waals surface area contributed by atoms with Gasteiger partial charge in [-0.1, -0.05) is 6.92 Å². The number of ether oxygens (including phenoxy) is 1. The average Bonchev–Trinajstić information content (AvgIpc) is 2.44. The third kappa shape index (κ3) is 4.56. The van der Waals surface area contributed by atoms with E-state index in [4.69, 9.17) is 9.84 Å². The van der Waals surface area contributed by atoms with Crippen LogP contribution in [0.5, 0.6) is 5.75 Å². The van der Waals surface area contributed by atoms with Gasteiger partial charge in [-0.2, -0.15) is 0 Å². The quantitative estimate of drug-likeness (QED) is 0.720. The minimum atomic E-state index is -0.905. The number of hydrogen-bond acceptors (Lipinski definition) is 4. The van der Waals surface area contributed by atoms with E-state index >= 15 is 0 Å². The van der Waals surface area contributed by atoms with Crippen molar-refractivity contribution in [2.45, 2.75) is 39.7 Å². The number of carbonyl (C=O) groups is 2. The normalized spacial score (nSPS) is 12.0. The molecule has 2 N–H and O–H groups in total. The highest BCUT2D eigenvalue weighted by Gasteiger charge is 2.23. The fourth-order valence-corrected chi connectivity index (χ4v) is 2.18. The smallest absolute Gasteiger partial charge is 0.303 e. The van der Waals surface area contributed by atoms with Crippen LogP contribution >= 0.6 is 0 Å². The van der Waals surface area contributed by atoms with Crippen LogP contribution in [-0.2, 0) is 4.79 Å². The Morgan fingerprint density at radius 2 is 1.90 bits per heavy atom. The molecule has 0 amide bonds. The molecular formula is C16H23NO4. The Morgan fingerprint density at radius 3 is 2.43 bits per heavy atom. The van der Waals surface area contributed by atoms with Gasteiger partial charge in [0.05, 0.1) is 18.7 Å². The molecule has 0 heterocycles. The van der Waals surface area contributed by atoms with E-state index in [-0.39, 0.29) is 18.6 Å². The summed E-state index contributed by atoms with van der Waals surface area (Å²) in [5.74, 6) is -0.503.